The quantitative estimate of drug-likeness (QED) is 0.0651. The molecule has 4 aliphatic rings. The second-order valence-electron chi connectivity index (χ2n) is 17.7. The Hall–Kier alpha value is -3.66. The number of terminal acetylenes is 1. The van der Waals surface area contributed by atoms with Crippen molar-refractivity contribution in [3.63, 3.8) is 0 Å². The third-order valence-corrected chi connectivity index (χ3v) is 15.3. The van der Waals surface area contributed by atoms with Gasteiger partial charge in [-0.15, -0.1) is 23.7 Å². The van der Waals surface area contributed by atoms with Crippen LogP contribution in [0.25, 0.3) is 42.5 Å². The molecule has 9 rings (SSSR count). The van der Waals surface area contributed by atoms with Crippen molar-refractivity contribution in [3.05, 3.63) is 35.7 Å². The Balaban J connectivity index is 0.000000277. The minimum atomic E-state index is -4.62. The lowest BCUT2D eigenvalue weighted by Gasteiger charge is -2.42. The molecule has 4 fully saturated rings. The lowest BCUT2D eigenvalue weighted by molar-refractivity contribution is -0.137. The maximum Gasteiger partial charge on any atom is 0.417 e. The Bertz CT molecular complexity index is 2520. The number of carbonyl (C=O) groups is 1. The highest BCUT2D eigenvalue weighted by Crippen LogP contribution is 2.50. The van der Waals surface area contributed by atoms with E-state index in [2.05, 4.69) is 52.8 Å². The van der Waals surface area contributed by atoms with Gasteiger partial charge >= 0.3 is 18.3 Å². The van der Waals surface area contributed by atoms with Crippen molar-refractivity contribution in [1.82, 2.24) is 34.3 Å². The second-order valence-corrected chi connectivity index (χ2v) is 20.7. The predicted octanol–water partition coefficient (Wildman–Crippen LogP) is 10.7. The summed E-state index contributed by atoms with van der Waals surface area (Å²) in [6, 6.07) is 3.36. The minimum absolute atomic E-state index is 0.00560. The standard InChI is InChI=1S/C30H30F3IN7O3PS.C13H19F2N/c1-14-10-19-18(11-36-41(19)45-34)20(22(14)30(31,32)33)23-24-17(8-9-35-23)21-25(37-27(43-5)38-26(21)46-24)39-12-15-6-7-16(13-39)40(15)28(42)44-29(2,3)4;1-2-3-4-11-5-7-16(8-6-11)10-12-9-13(12,14)15/h8-11,15-16,45H,6-7,12-13H2,1-5H3;1,11-12H,3-10H2. The number of piperazine rings is 1. The van der Waals surface area contributed by atoms with Gasteiger partial charge in [0.05, 0.1) is 58.6 Å². The Morgan fingerprint density at radius 1 is 1.10 bits per heavy atom. The number of hydrogen-bond donors (Lipinski definition) is 0. The maximum absolute atomic E-state index is 14.7. The van der Waals surface area contributed by atoms with Crippen LogP contribution in [0.15, 0.2) is 24.5 Å². The number of hydrogen-bond acceptors (Lipinski definition) is 10. The van der Waals surface area contributed by atoms with Crippen LogP contribution in [-0.2, 0) is 10.9 Å². The first kappa shape index (κ1) is 44.9. The average Bonchev–Trinajstić information content (AvgIpc) is 3.51. The molecule has 4 atom stereocenters. The first-order valence-corrected chi connectivity index (χ1v) is 25.7. The van der Waals surface area contributed by atoms with Crippen LogP contribution in [0, 0.1) is 31.1 Å². The number of likely N-dealkylation sites (tertiary alicyclic amines) is 1. The van der Waals surface area contributed by atoms with Crippen molar-refractivity contribution in [2.45, 2.75) is 102 Å². The molecule has 1 aromatic carbocycles. The topological polar surface area (TPSA) is 102 Å². The number of aromatic nitrogens is 5. The number of pyridine rings is 1. The zero-order valence-electron chi connectivity index (χ0n) is 35.2. The number of piperidine rings is 1. The maximum atomic E-state index is 14.7. The molecule has 0 radical (unpaired) electrons. The van der Waals surface area contributed by atoms with Gasteiger partial charge in [0.2, 0.25) is 0 Å². The summed E-state index contributed by atoms with van der Waals surface area (Å²) < 4.78 is 83.2. The van der Waals surface area contributed by atoms with Crippen LogP contribution in [0.3, 0.4) is 0 Å². The van der Waals surface area contributed by atoms with E-state index < -0.39 is 23.3 Å². The number of methoxy groups -OCH3 is 1. The molecular weight excluding hydrogens is 961 g/mol. The van der Waals surface area contributed by atoms with Gasteiger partial charge in [-0.3, -0.25) is 9.88 Å². The van der Waals surface area contributed by atoms with E-state index >= 15 is 0 Å². The number of halogens is 6. The number of fused-ring (bicyclic) bond motifs is 6. The van der Waals surface area contributed by atoms with Gasteiger partial charge in [-0.05, 0) is 119 Å². The fourth-order valence-corrected chi connectivity index (χ4v) is 11.9. The summed E-state index contributed by atoms with van der Waals surface area (Å²) in [5.41, 5.74) is -0.387. The summed E-state index contributed by atoms with van der Waals surface area (Å²) in [6.45, 7) is 10.6. The van der Waals surface area contributed by atoms with E-state index in [1.165, 1.54) is 31.6 Å². The molecule has 11 nitrogen and oxygen atoms in total. The molecule has 3 aliphatic heterocycles. The zero-order chi connectivity index (χ0) is 44.3. The number of rotatable bonds is 8. The Labute approximate surface area is 375 Å². The van der Waals surface area contributed by atoms with Crippen LogP contribution >= 0.6 is 39.8 Å². The molecule has 0 spiro atoms. The minimum Gasteiger partial charge on any atom is -0.467 e. The smallest absolute Gasteiger partial charge is 0.417 e. The van der Waals surface area contributed by atoms with E-state index in [0.29, 0.717) is 57.2 Å². The molecule has 1 amide bonds. The zero-order valence-corrected chi connectivity index (χ0v) is 39.1. The van der Waals surface area contributed by atoms with Crippen molar-refractivity contribution in [3.8, 4) is 29.6 Å². The van der Waals surface area contributed by atoms with Gasteiger partial charge in [-0.2, -0.15) is 28.2 Å². The first-order chi connectivity index (χ1) is 29.4. The van der Waals surface area contributed by atoms with Crippen LogP contribution in [0.2, 0.25) is 0 Å². The van der Waals surface area contributed by atoms with Crippen molar-refractivity contribution in [1.29, 1.82) is 0 Å². The SMILES string of the molecule is C#CCCC1CCN(CC2CC2(F)F)CC1.COc1nc(N2CC3CCC(C2)N3C(=O)OC(C)(C)C)c2c(n1)sc1c(-c3c(C(F)(F)F)c(C)cc4c3cnn4PI)nccc12. The van der Waals surface area contributed by atoms with Gasteiger partial charge in [-0.25, -0.2) is 18.0 Å². The largest absolute Gasteiger partial charge is 0.467 e. The third kappa shape index (κ3) is 9.02. The van der Waals surface area contributed by atoms with E-state index in [9.17, 15) is 26.7 Å². The number of carbonyl (C=O) groups excluding carboxylic acids is 1. The number of thiophene rings is 1. The van der Waals surface area contributed by atoms with E-state index in [0.717, 1.165) is 57.0 Å². The predicted molar refractivity (Wildman–Crippen MR) is 243 cm³/mol. The van der Waals surface area contributed by atoms with Crippen molar-refractivity contribution >= 4 is 82.9 Å². The van der Waals surface area contributed by atoms with Gasteiger partial charge in [0.25, 0.3) is 5.92 Å². The molecule has 5 aromatic rings. The Morgan fingerprint density at radius 3 is 2.39 bits per heavy atom. The highest BCUT2D eigenvalue weighted by atomic mass is 127. The van der Waals surface area contributed by atoms with Gasteiger partial charge in [0.15, 0.2) is 0 Å². The van der Waals surface area contributed by atoms with Crippen LogP contribution in [-0.4, -0.2) is 104 Å². The summed E-state index contributed by atoms with van der Waals surface area (Å²) >= 11 is 3.43. The van der Waals surface area contributed by atoms with Crippen LogP contribution < -0.4 is 9.64 Å². The molecule has 2 bridgehead atoms. The van der Waals surface area contributed by atoms with Gasteiger partial charge < -0.3 is 19.3 Å². The van der Waals surface area contributed by atoms with Crippen LogP contribution in [0.5, 0.6) is 6.01 Å². The highest BCUT2D eigenvalue weighted by molar-refractivity contribution is 14.2. The van der Waals surface area contributed by atoms with Gasteiger partial charge in [0.1, 0.15) is 16.2 Å². The van der Waals surface area contributed by atoms with E-state index in [4.69, 9.17) is 20.9 Å². The summed E-state index contributed by atoms with van der Waals surface area (Å²) in [4.78, 5) is 33.9. The molecule has 1 saturated carbocycles. The Morgan fingerprint density at radius 2 is 1.79 bits per heavy atom. The molecule has 4 aromatic heterocycles. The molecule has 0 N–H and O–H groups in total. The summed E-state index contributed by atoms with van der Waals surface area (Å²) in [7, 11) is 1.49. The number of alkyl halides is 5. The summed E-state index contributed by atoms with van der Waals surface area (Å²) in [5.74, 6) is 1.28. The lowest BCUT2D eigenvalue weighted by atomic mass is 9.92. The van der Waals surface area contributed by atoms with Gasteiger partial charge in [0, 0.05) is 60.9 Å². The molecule has 4 unspecified atom stereocenters. The number of aryl methyl sites for hydroxylation is 1. The van der Waals surface area contributed by atoms with Crippen molar-refractivity contribution in [2.75, 3.05) is 44.7 Å². The molecule has 19 heteroatoms. The van der Waals surface area contributed by atoms with E-state index in [-0.39, 0.29) is 59.7 Å². The van der Waals surface area contributed by atoms with Crippen molar-refractivity contribution < 1.29 is 36.2 Å². The molecule has 1 aliphatic carbocycles. The molecule has 332 valence electrons. The van der Waals surface area contributed by atoms with E-state index in [1.54, 1.807) is 22.8 Å². The van der Waals surface area contributed by atoms with Gasteiger partial charge in [-0.1, -0.05) is 0 Å². The molecule has 3 saturated heterocycles. The van der Waals surface area contributed by atoms with E-state index in [1.807, 2.05) is 25.7 Å². The monoisotopic (exact) mass is 1010 g/mol. The lowest BCUT2D eigenvalue weighted by Crippen LogP contribution is -2.57. The molecule has 7 heterocycles. The van der Waals surface area contributed by atoms with Crippen molar-refractivity contribution in [2.24, 2.45) is 11.8 Å². The number of benzene rings is 1. The van der Waals surface area contributed by atoms with Crippen LogP contribution in [0.4, 0.5) is 32.6 Å². The normalized spacial score (nSPS) is 21.8. The first-order valence-electron chi connectivity index (χ1n) is 20.8. The summed E-state index contributed by atoms with van der Waals surface area (Å²) in [6.07, 6.45) is 9.51. The number of ether oxygens (including phenoxy) is 2. The molecule has 62 heavy (non-hydrogen) atoms. The molecular formula is C43H49F5IN8O3PS. The number of anilines is 1. The average molecular weight is 1010 g/mol. The second kappa shape index (κ2) is 17.4. The Kier molecular flexibility index (Phi) is 12.6. The fourth-order valence-electron chi connectivity index (χ4n) is 9.25. The van der Waals surface area contributed by atoms with Crippen LogP contribution in [0.1, 0.15) is 76.8 Å². The fraction of sp³-hybridized carbons (Fsp3) is 0.558. The number of nitrogens with zero attached hydrogens (tertiary/aromatic N) is 8. The summed E-state index contributed by atoms with van der Waals surface area (Å²) in [5, 5.41) is 6.20. The third-order valence-electron chi connectivity index (χ3n) is 12.3. The number of amides is 1. The highest BCUT2D eigenvalue weighted by Gasteiger charge is 2.57.